The molecule has 0 saturated heterocycles. The second kappa shape index (κ2) is 10.4. The van der Waals surface area contributed by atoms with Crippen molar-refractivity contribution >= 4 is 27.0 Å². The van der Waals surface area contributed by atoms with Crippen LogP contribution in [0.3, 0.4) is 0 Å². The molecule has 1 aromatic carbocycles. The third kappa shape index (κ3) is 5.40. The number of imidazole rings is 1. The molecular formula is C22H36N4O3S. The maximum atomic E-state index is 12.9. The van der Waals surface area contributed by atoms with Gasteiger partial charge in [0.2, 0.25) is 15.9 Å². The highest BCUT2D eigenvalue weighted by Crippen LogP contribution is 2.24. The number of carbonyl (C=O) groups excluding carboxylic acids is 1. The molecule has 30 heavy (non-hydrogen) atoms. The van der Waals surface area contributed by atoms with Crippen LogP contribution in [0.25, 0.3) is 11.0 Å². The summed E-state index contributed by atoms with van der Waals surface area (Å²) >= 11 is 0. The number of nitrogens with zero attached hydrogens (tertiary/aromatic N) is 3. The van der Waals surface area contributed by atoms with Crippen molar-refractivity contribution in [3.63, 3.8) is 0 Å². The average Bonchev–Trinajstić information content (AvgIpc) is 3.04. The summed E-state index contributed by atoms with van der Waals surface area (Å²) < 4.78 is 29.3. The number of carbonyl (C=O) groups is 1. The Labute approximate surface area is 180 Å². The summed E-state index contributed by atoms with van der Waals surface area (Å²) in [5, 5.41) is 3.03. The SMILES string of the molecule is CCCn1c(CCC(=O)N[C@H](C)C(C)C)nc2cc(S(=O)(=O)N(CC)CC)ccc21. The lowest BCUT2D eigenvalue weighted by Crippen LogP contribution is -2.36. The highest BCUT2D eigenvalue weighted by atomic mass is 32.2. The lowest BCUT2D eigenvalue weighted by atomic mass is 10.1. The van der Waals surface area contributed by atoms with Gasteiger partial charge >= 0.3 is 0 Å². The van der Waals surface area contributed by atoms with Crippen LogP contribution in [-0.4, -0.2) is 47.3 Å². The van der Waals surface area contributed by atoms with Gasteiger partial charge in [-0.1, -0.05) is 34.6 Å². The van der Waals surface area contributed by atoms with Gasteiger partial charge in [-0.2, -0.15) is 4.31 Å². The lowest BCUT2D eigenvalue weighted by molar-refractivity contribution is -0.121. The number of benzene rings is 1. The number of sulfonamides is 1. The first-order valence-corrected chi connectivity index (χ1v) is 12.4. The molecule has 0 aliphatic rings. The minimum Gasteiger partial charge on any atom is -0.353 e. The highest BCUT2D eigenvalue weighted by Gasteiger charge is 2.23. The summed E-state index contributed by atoms with van der Waals surface area (Å²) in [6.07, 6.45) is 1.80. The predicted molar refractivity (Wildman–Crippen MR) is 121 cm³/mol. The van der Waals surface area contributed by atoms with E-state index in [0.717, 1.165) is 24.3 Å². The van der Waals surface area contributed by atoms with Crippen LogP contribution in [0.1, 0.15) is 60.2 Å². The van der Waals surface area contributed by atoms with Gasteiger partial charge in [0.15, 0.2) is 0 Å². The normalized spacial score (nSPS) is 13.3. The van der Waals surface area contributed by atoms with Crippen LogP contribution in [-0.2, 0) is 27.8 Å². The Balaban J connectivity index is 2.32. The third-order valence-corrected chi connectivity index (χ3v) is 7.60. The van der Waals surface area contributed by atoms with Crippen LogP contribution < -0.4 is 5.32 Å². The molecule has 2 aromatic rings. The molecule has 1 atom stereocenters. The molecule has 0 saturated carbocycles. The molecule has 0 bridgehead atoms. The number of amides is 1. The Morgan fingerprint density at radius 3 is 2.40 bits per heavy atom. The fourth-order valence-electron chi connectivity index (χ4n) is 3.41. The molecule has 8 heteroatoms. The number of aromatic nitrogens is 2. The summed E-state index contributed by atoms with van der Waals surface area (Å²) in [6, 6.07) is 5.27. The molecule has 1 amide bonds. The van der Waals surface area contributed by atoms with E-state index in [1.807, 2.05) is 26.8 Å². The molecule has 0 unspecified atom stereocenters. The van der Waals surface area contributed by atoms with Crippen LogP contribution in [0.5, 0.6) is 0 Å². The van der Waals surface area contributed by atoms with Gasteiger partial charge in [-0.15, -0.1) is 0 Å². The summed E-state index contributed by atoms with van der Waals surface area (Å²) in [4.78, 5) is 17.3. The number of fused-ring (bicyclic) bond motifs is 1. The number of hydrogen-bond donors (Lipinski definition) is 1. The Morgan fingerprint density at radius 2 is 1.83 bits per heavy atom. The van der Waals surface area contributed by atoms with Crippen molar-refractivity contribution in [1.82, 2.24) is 19.2 Å². The van der Waals surface area contributed by atoms with E-state index in [-0.39, 0.29) is 16.8 Å². The summed E-state index contributed by atoms with van der Waals surface area (Å²) in [5.41, 5.74) is 1.56. The highest BCUT2D eigenvalue weighted by molar-refractivity contribution is 7.89. The maximum absolute atomic E-state index is 12.9. The van der Waals surface area contributed by atoms with E-state index in [1.165, 1.54) is 4.31 Å². The van der Waals surface area contributed by atoms with Crippen LogP contribution in [0.4, 0.5) is 0 Å². The Hall–Kier alpha value is -1.93. The van der Waals surface area contributed by atoms with E-state index >= 15 is 0 Å². The molecule has 1 aromatic heterocycles. The second-order valence-corrected chi connectivity index (χ2v) is 9.96. The third-order valence-electron chi connectivity index (χ3n) is 5.55. The predicted octanol–water partition coefficient (Wildman–Crippen LogP) is 3.57. The molecule has 0 spiro atoms. The van der Waals surface area contributed by atoms with Gasteiger partial charge in [-0.25, -0.2) is 13.4 Å². The zero-order valence-corrected chi connectivity index (χ0v) is 19.9. The van der Waals surface area contributed by atoms with E-state index in [4.69, 9.17) is 4.98 Å². The van der Waals surface area contributed by atoms with E-state index in [2.05, 4.69) is 30.7 Å². The minimum absolute atomic E-state index is 0.0103. The topological polar surface area (TPSA) is 84.3 Å². The van der Waals surface area contributed by atoms with Crippen LogP contribution in [0.15, 0.2) is 23.1 Å². The molecule has 1 heterocycles. The van der Waals surface area contributed by atoms with Crippen LogP contribution in [0.2, 0.25) is 0 Å². The van der Waals surface area contributed by atoms with E-state index in [1.54, 1.807) is 12.1 Å². The zero-order valence-electron chi connectivity index (χ0n) is 19.1. The van der Waals surface area contributed by atoms with Crippen molar-refractivity contribution < 1.29 is 13.2 Å². The van der Waals surface area contributed by atoms with Crippen LogP contribution in [0, 0.1) is 5.92 Å². The van der Waals surface area contributed by atoms with E-state index in [0.29, 0.717) is 37.4 Å². The van der Waals surface area contributed by atoms with Crippen molar-refractivity contribution in [2.75, 3.05) is 13.1 Å². The average molecular weight is 437 g/mol. The number of rotatable bonds is 11. The first kappa shape index (κ1) is 24.3. The summed E-state index contributed by atoms with van der Waals surface area (Å²) in [6.45, 7) is 13.5. The first-order chi connectivity index (χ1) is 14.1. The van der Waals surface area contributed by atoms with Crippen molar-refractivity contribution in [1.29, 1.82) is 0 Å². The quantitative estimate of drug-likeness (QED) is 0.584. The minimum atomic E-state index is -3.54. The lowest BCUT2D eigenvalue weighted by Gasteiger charge is -2.18. The molecule has 2 rings (SSSR count). The zero-order chi connectivity index (χ0) is 22.5. The molecule has 0 radical (unpaired) electrons. The van der Waals surface area contributed by atoms with Gasteiger partial charge in [-0.05, 0) is 37.5 Å². The molecule has 7 nitrogen and oxygen atoms in total. The van der Waals surface area contributed by atoms with Gasteiger partial charge in [0.05, 0.1) is 15.9 Å². The van der Waals surface area contributed by atoms with Gasteiger partial charge in [0.25, 0.3) is 0 Å². The Morgan fingerprint density at radius 1 is 1.17 bits per heavy atom. The van der Waals surface area contributed by atoms with Crippen LogP contribution >= 0.6 is 0 Å². The summed E-state index contributed by atoms with van der Waals surface area (Å²) in [7, 11) is -3.54. The van der Waals surface area contributed by atoms with Crippen molar-refractivity contribution in [2.24, 2.45) is 5.92 Å². The first-order valence-electron chi connectivity index (χ1n) is 10.9. The molecule has 0 aliphatic heterocycles. The largest absolute Gasteiger partial charge is 0.353 e. The van der Waals surface area contributed by atoms with Crippen molar-refractivity contribution in [3.05, 3.63) is 24.0 Å². The van der Waals surface area contributed by atoms with E-state index in [9.17, 15) is 13.2 Å². The number of nitrogens with one attached hydrogen (secondary N) is 1. The monoisotopic (exact) mass is 436 g/mol. The molecular weight excluding hydrogens is 400 g/mol. The van der Waals surface area contributed by atoms with Gasteiger partial charge in [0.1, 0.15) is 5.82 Å². The molecule has 1 N–H and O–H groups in total. The van der Waals surface area contributed by atoms with Crippen molar-refractivity contribution in [2.45, 2.75) is 78.3 Å². The van der Waals surface area contributed by atoms with Gasteiger partial charge in [0, 0.05) is 38.5 Å². The van der Waals surface area contributed by atoms with E-state index < -0.39 is 10.0 Å². The smallest absolute Gasteiger partial charge is 0.243 e. The Kier molecular flexibility index (Phi) is 8.43. The van der Waals surface area contributed by atoms with Gasteiger partial charge < -0.3 is 9.88 Å². The van der Waals surface area contributed by atoms with Crippen molar-refractivity contribution in [3.8, 4) is 0 Å². The Bertz CT molecular complexity index is 962. The molecule has 168 valence electrons. The molecule has 0 aliphatic carbocycles. The van der Waals surface area contributed by atoms with Gasteiger partial charge in [-0.3, -0.25) is 4.79 Å². The summed E-state index contributed by atoms with van der Waals surface area (Å²) in [5.74, 6) is 1.21. The number of hydrogen-bond acceptors (Lipinski definition) is 4. The molecule has 0 fully saturated rings. The second-order valence-electron chi connectivity index (χ2n) is 8.02. The fraction of sp³-hybridized carbons (Fsp3) is 0.636. The number of aryl methyl sites for hydroxylation is 2. The standard InChI is InChI=1S/C22H36N4O3S/c1-7-14-26-20-11-10-18(30(28,29)25(8-2)9-3)15-19(20)24-21(26)12-13-22(27)23-17(6)16(4)5/h10-11,15-17H,7-9,12-14H2,1-6H3,(H,23,27)/t17-/m1/s1. The maximum Gasteiger partial charge on any atom is 0.243 e. The fourth-order valence-corrected chi connectivity index (χ4v) is 4.89.